The van der Waals surface area contributed by atoms with Crippen molar-refractivity contribution in [3.05, 3.63) is 71.0 Å². The number of nitrogens with one attached hydrogen (secondary N) is 1. The minimum atomic E-state index is -0.511. The molecule has 2 bridgehead atoms. The Bertz CT molecular complexity index is 1160. The minimum Gasteiger partial charge on any atom is -0.459 e. The quantitative estimate of drug-likeness (QED) is 0.452. The average Bonchev–Trinajstić information content (AvgIpc) is 3.61. The summed E-state index contributed by atoms with van der Waals surface area (Å²) in [6, 6.07) is 15.6. The highest BCUT2D eigenvalue weighted by molar-refractivity contribution is 5.92. The van der Waals surface area contributed by atoms with E-state index in [1.54, 1.807) is 0 Å². The molecule has 1 amide bonds. The summed E-state index contributed by atoms with van der Waals surface area (Å²) in [7, 11) is 0. The van der Waals surface area contributed by atoms with Crippen LogP contribution in [0.5, 0.6) is 0 Å². The third-order valence-electron chi connectivity index (χ3n) is 8.89. The average molecular weight is 488 g/mol. The van der Waals surface area contributed by atoms with Crippen molar-refractivity contribution in [2.24, 2.45) is 17.8 Å². The maximum atomic E-state index is 13.4. The molecule has 3 unspecified atom stereocenters. The third-order valence-corrected chi connectivity index (χ3v) is 8.89. The van der Waals surface area contributed by atoms with Crippen LogP contribution in [0.3, 0.4) is 0 Å². The summed E-state index contributed by atoms with van der Waals surface area (Å²) in [6.07, 6.45) is 8.74. The van der Waals surface area contributed by atoms with Gasteiger partial charge in [-0.1, -0.05) is 48.9 Å². The predicted molar refractivity (Wildman–Crippen MR) is 139 cm³/mol. The molecule has 36 heavy (non-hydrogen) atoms. The molecule has 4 aliphatic rings. The molecule has 0 saturated heterocycles. The molecule has 2 fully saturated rings. The van der Waals surface area contributed by atoms with E-state index in [-0.39, 0.29) is 30.4 Å². The topological polar surface area (TPSA) is 67.8 Å². The molecule has 2 saturated carbocycles. The molecule has 1 heterocycles. The Hall–Kier alpha value is -2.63. The van der Waals surface area contributed by atoms with E-state index in [9.17, 15) is 9.90 Å². The van der Waals surface area contributed by atoms with Crippen LogP contribution in [0.4, 0.5) is 0 Å². The number of hydrogen-bond acceptors (Lipinski definition) is 4. The van der Waals surface area contributed by atoms with E-state index in [1.165, 1.54) is 47.1 Å². The van der Waals surface area contributed by atoms with E-state index >= 15 is 0 Å². The van der Waals surface area contributed by atoms with Crippen molar-refractivity contribution < 1.29 is 19.4 Å². The molecular formula is C31H37NO4. The highest BCUT2D eigenvalue weighted by Gasteiger charge is 2.42. The Morgan fingerprint density at radius 3 is 2.75 bits per heavy atom. The summed E-state index contributed by atoms with van der Waals surface area (Å²) in [5.74, 6) is 1.65. The number of fused-ring (bicyclic) bond motifs is 5. The zero-order valence-electron chi connectivity index (χ0n) is 21.1. The van der Waals surface area contributed by atoms with E-state index in [1.807, 2.05) is 13.0 Å². The molecule has 6 rings (SSSR count). The number of carbonyl (C=O) groups is 1. The molecule has 5 nitrogen and oxygen atoms in total. The van der Waals surface area contributed by atoms with E-state index in [0.717, 1.165) is 25.2 Å². The smallest absolute Gasteiger partial charge is 0.286 e. The maximum Gasteiger partial charge on any atom is 0.286 e. The fourth-order valence-electron chi connectivity index (χ4n) is 7.18. The molecule has 1 aliphatic heterocycles. The van der Waals surface area contributed by atoms with Crippen LogP contribution in [-0.2, 0) is 20.7 Å². The van der Waals surface area contributed by atoms with Crippen LogP contribution in [0.15, 0.2) is 54.3 Å². The fourth-order valence-corrected chi connectivity index (χ4v) is 7.18. The van der Waals surface area contributed by atoms with Gasteiger partial charge >= 0.3 is 0 Å². The first kappa shape index (κ1) is 23.7. The molecule has 190 valence electrons. The molecule has 6 atom stereocenters. The van der Waals surface area contributed by atoms with Gasteiger partial charge in [0.05, 0.1) is 0 Å². The van der Waals surface area contributed by atoms with Crippen LogP contribution in [0, 0.1) is 17.8 Å². The first-order chi connectivity index (χ1) is 17.6. The minimum absolute atomic E-state index is 0.0170. The Morgan fingerprint density at radius 1 is 1.11 bits per heavy atom. The van der Waals surface area contributed by atoms with Gasteiger partial charge in [0, 0.05) is 31.1 Å². The monoisotopic (exact) mass is 487 g/mol. The number of aliphatic hydroxyl groups excluding tert-OH is 1. The van der Waals surface area contributed by atoms with Crippen LogP contribution in [0.2, 0.25) is 0 Å². The largest absolute Gasteiger partial charge is 0.459 e. The maximum absolute atomic E-state index is 13.4. The van der Waals surface area contributed by atoms with Gasteiger partial charge in [-0.05, 0) is 91.2 Å². The van der Waals surface area contributed by atoms with Crippen molar-refractivity contribution in [3.63, 3.8) is 0 Å². The Morgan fingerprint density at radius 2 is 1.97 bits per heavy atom. The van der Waals surface area contributed by atoms with Crippen molar-refractivity contribution in [1.82, 2.24) is 5.32 Å². The van der Waals surface area contributed by atoms with E-state index in [2.05, 4.69) is 47.8 Å². The van der Waals surface area contributed by atoms with Gasteiger partial charge in [-0.25, -0.2) is 0 Å². The van der Waals surface area contributed by atoms with E-state index < -0.39 is 6.29 Å². The Balaban J connectivity index is 1.31. The third kappa shape index (κ3) is 4.37. The molecule has 2 aromatic carbocycles. The van der Waals surface area contributed by atoms with Gasteiger partial charge in [0.1, 0.15) is 0 Å². The lowest BCUT2D eigenvalue weighted by Gasteiger charge is -2.37. The number of allylic oxidation sites excluding steroid dienone is 1. The van der Waals surface area contributed by atoms with Gasteiger partial charge in [-0.3, -0.25) is 4.79 Å². The standard InChI is InChI=1S/C31H37NO4/c1-2-35-31-26(8-5-13-33)27(18-29(36-31)30(34)32-28-15-19-9-10-22(28)14-19)21-11-12-25-23(17-21)16-20-6-3-4-7-24(20)25/h3-4,6-7,11-12,17-19,22,26-28,31,33H,2,5,8-10,13-16H2,1H3,(H,32,34)/t19?,22?,26-,27+,28?,31+/m1/s1. The Labute approximate surface area is 213 Å². The van der Waals surface area contributed by atoms with Gasteiger partial charge < -0.3 is 19.9 Å². The number of amides is 1. The van der Waals surface area contributed by atoms with Crippen LogP contribution in [0.1, 0.15) is 68.1 Å². The first-order valence-corrected chi connectivity index (χ1v) is 13.8. The van der Waals surface area contributed by atoms with Crippen molar-refractivity contribution in [2.45, 2.75) is 70.1 Å². The predicted octanol–water partition coefficient (Wildman–Crippen LogP) is 5.31. The Kier molecular flexibility index (Phi) is 6.61. The fraction of sp³-hybridized carbons (Fsp3) is 0.516. The number of rotatable bonds is 8. The summed E-state index contributed by atoms with van der Waals surface area (Å²) in [5, 5.41) is 12.9. The second-order valence-electron chi connectivity index (χ2n) is 11.0. The molecule has 2 aromatic rings. The number of carbonyl (C=O) groups excluding carboxylic acids is 1. The zero-order chi connectivity index (χ0) is 24.6. The van der Waals surface area contributed by atoms with E-state index in [0.29, 0.717) is 24.7 Å². The lowest BCUT2D eigenvalue weighted by atomic mass is 9.79. The zero-order valence-corrected chi connectivity index (χ0v) is 21.1. The summed E-state index contributed by atoms with van der Waals surface area (Å²) in [4.78, 5) is 13.4. The molecular weight excluding hydrogens is 450 g/mol. The van der Waals surface area contributed by atoms with Crippen molar-refractivity contribution in [3.8, 4) is 11.1 Å². The highest BCUT2D eigenvalue weighted by atomic mass is 16.7. The SMILES string of the molecule is CCO[C@H]1OC(C(=O)NC2CC3CCC2C3)=C[C@@H](c2ccc3c(c2)Cc2ccccc2-3)[C@H]1CCCO. The van der Waals surface area contributed by atoms with Crippen LogP contribution in [-0.4, -0.2) is 36.6 Å². The number of benzene rings is 2. The molecule has 0 spiro atoms. The summed E-state index contributed by atoms with van der Waals surface area (Å²) in [6.45, 7) is 2.60. The van der Waals surface area contributed by atoms with Crippen molar-refractivity contribution in [2.75, 3.05) is 13.2 Å². The summed E-state index contributed by atoms with van der Waals surface area (Å²) in [5.41, 5.74) is 6.49. The van der Waals surface area contributed by atoms with Crippen molar-refractivity contribution >= 4 is 5.91 Å². The summed E-state index contributed by atoms with van der Waals surface area (Å²) >= 11 is 0. The lowest BCUT2D eigenvalue weighted by molar-refractivity contribution is -0.167. The van der Waals surface area contributed by atoms with Gasteiger partial charge in [0.2, 0.25) is 6.29 Å². The van der Waals surface area contributed by atoms with Crippen molar-refractivity contribution in [1.29, 1.82) is 0 Å². The highest BCUT2D eigenvalue weighted by Crippen LogP contribution is 2.45. The molecule has 0 aromatic heterocycles. The van der Waals surface area contributed by atoms with Crippen LogP contribution < -0.4 is 5.32 Å². The number of aliphatic hydroxyl groups is 1. The number of ether oxygens (including phenoxy) is 2. The summed E-state index contributed by atoms with van der Waals surface area (Å²) < 4.78 is 12.3. The lowest BCUT2D eigenvalue weighted by Crippen LogP contribution is -2.43. The van der Waals surface area contributed by atoms with Crippen LogP contribution >= 0.6 is 0 Å². The van der Waals surface area contributed by atoms with Gasteiger partial charge in [0.25, 0.3) is 5.91 Å². The molecule has 2 N–H and O–H groups in total. The second-order valence-corrected chi connectivity index (χ2v) is 11.0. The first-order valence-electron chi connectivity index (χ1n) is 13.8. The van der Waals surface area contributed by atoms with E-state index in [4.69, 9.17) is 9.47 Å². The molecule has 3 aliphatic carbocycles. The van der Waals surface area contributed by atoms with Gasteiger partial charge in [0.15, 0.2) is 5.76 Å². The number of hydrogen-bond donors (Lipinski definition) is 2. The molecule has 0 radical (unpaired) electrons. The second kappa shape index (κ2) is 10.0. The van der Waals surface area contributed by atoms with Crippen LogP contribution in [0.25, 0.3) is 11.1 Å². The molecule has 5 heteroatoms. The van der Waals surface area contributed by atoms with Gasteiger partial charge in [-0.15, -0.1) is 0 Å². The van der Waals surface area contributed by atoms with Gasteiger partial charge in [-0.2, -0.15) is 0 Å². The normalized spacial score (nSPS) is 29.9.